The standard InChI is InChI=1S/C30H41N3O3/c1-29-14-11-23-21(22(29)9-10-26(29)34)17-25(32-35-3)28-27(19-7-5-4-6-8-19)24(12-15-30(23,28)2)33-36-20-13-16-31-18-20/h4-8,20-23,27-28,31H,9-18H2,1-3H3. The highest BCUT2D eigenvalue weighted by atomic mass is 16.6. The lowest BCUT2D eigenvalue weighted by Gasteiger charge is -2.61. The van der Waals surface area contributed by atoms with E-state index in [1.807, 2.05) is 0 Å². The average Bonchev–Trinajstić information content (AvgIpc) is 3.51. The lowest BCUT2D eigenvalue weighted by atomic mass is 9.43. The lowest BCUT2D eigenvalue weighted by molar-refractivity contribution is -0.133. The molecule has 0 radical (unpaired) electrons. The maximum absolute atomic E-state index is 12.9. The van der Waals surface area contributed by atoms with E-state index in [-0.39, 0.29) is 28.8 Å². The van der Waals surface area contributed by atoms with Crippen LogP contribution in [0.4, 0.5) is 0 Å². The van der Waals surface area contributed by atoms with Crippen molar-refractivity contribution >= 4 is 17.2 Å². The van der Waals surface area contributed by atoms with Gasteiger partial charge < -0.3 is 15.0 Å². The highest BCUT2D eigenvalue weighted by Crippen LogP contribution is 2.66. The molecule has 8 unspecified atom stereocenters. The van der Waals surface area contributed by atoms with Crippen LogP contribution >= 0.6 is 0 Å². The molecule has 1 aromatic rings. The number of hydrogen-bond donors (Lipinski definition) is 1. The maximum atomic E-state index is 12.9. The van der Waals surface area contributed by atoms with Gasteiger partial charge in [-0.2, -0.15) is 0 Å². The Hall–Kier alpha value is -2.21. The Bertz CT molecular complexity index is 1050. The van der Waals surface area contributed by atoms with Crippen molar-refractivity contribution in [2.24, 2.45) is 44.8 Å². The molecule has 1 saturated heterocycles. The van der Waals surface area contributed by atoms with E-state index in [1.165, 1.54) is 5.56 Å². The first kappa shape index (κ1) is 24.1. The van der Waals surface area contributed by atoms with Gasteiger partial charge in [-0.05, 0) is 73.8 Å². The van der Waals surface area contributed by atoms with Crippen LogP contribution in [0.3, 0.4) is 0 Å². The number of nitrogens with one attached hydrogen (secondary N) is 1. The molecule has 0 aromatic heterocycles. The molecule has 1 aliphatic heterocycles. The topological polar surface area (TPSA) is 72.3 Å². The van der Waals surface area contributed by atoms with E-state index in [0.717, 1.165) is 75.9 Å². The third-order valence-electron chi connectivity index (χ3n) is 10.8. The zero-order valence-corrected chi connectivity index (χ0v) is 22.0. The van der Waals surface area contributed by atoms with Crippen molar-refractivity contribution in [3.05, 3.63) is 35.9 Å². The quantitative estimate of drug-likeness (QED) is 0.577. The molecular formula is C30H41N3O3. The minimum atomic E-state index is -0.147. The summed E-state index contributed by atoms with van der Waals surface area (Å²) in [7, 11) is 1.67. The smallest absolute Gasteiger partial charge is 0.141 e. The zero-order chi connectivity index (χ0) is 24.9. The fraction of sp³-hybridized carbons (Fsp3) is 0.700. The third-order valence-corrected chi connectivity index (χ3v) is 10.8. The number of ketones is 1. The second-order valence-electron chi connectivity index (χ2n) is 12.4. The fourth-order valence-electron chi connectivity index (χ4n) is 9.02. The van der Waals surface area contributed by atoms with Gasteiger partial charge >= 0.3 is 0 Å². The fourth-order valence-corrected chi connectivity index (χ4v) is 9.02. The first-order valence-corrected chi connectivity index (χ1v) is 14.1. The van der Waals surface area contributed by atoms with Crippen LogP contribution in [0.5, 0.6) is 0 Å². The Morgan fingerprint density at radius 1 is 0.972 bits per heavy atom. The molecular weight excluding hydrogens is 450 g/mol. The van der Waals surface area contributed by atoms with Crippen LogP contribution in [-0.2, 0) is 14.5 Å². The minimum absolute atomic E-state index is 0.0850. The first-order valence-electron chi connectivity index (χ1n) is 14.1. The number of Topliss-reactive ketones (excluding diaryl/α,β-unsaturated/α-hetero) is 1. The summed E-state index contributed by atoms with van der Waals surface area (Å²) in [5.74, 6) is 2.40. The summed E-state index contributed by atoms with van der Waals surface area (Å²) in [6, 6.07) is 10.8. The van der Waals surface area contributed by atoms with Crippen LogP contribution in [0.15, 0.2) is 40.6 Å². The molecule has 8 atom stereocenters. The SMILES string of the molecule is CON=C1CC2C3CCC(=O)C3(C)CCC2C2(C)CCC(=NOC3CCNC3)C(c3ccccc3)C12. The number of oxime groups is 2. The molecule has 1 heterocycles. The maximum Gasteiger partial charge on any atom is 0.141 e. The summed E-state index contributed by atoms with van der Waals surface area (Å²) < 4.78 is 0. The van der Waals surface area contributed by atoms with Crippen molar-refractivity contribution < 1.29 is 14.5 Å². The van der Waals surface area contributed by atoms with Gasteiger partial charge in [0, 0.05) is 36.6 Å². The Balaban J connectivity index is 1.41. The van der Waals surface area contributed by atoms with Crippen molar-refractivity contribution in [1.29, 1.82) is 0 Å². The second-order valence-corrected chi connectivity index (χ2v) is 12.4. The first-order chi connectivity index (χ1) is 17.5. The van der Waals surface area contributed by atoms with Gasteiger partial charge in [0.25, 0.3) is 0 Å². The summed E-state index contributed by atoms with van der Waals surface area (Å²) in [5, 5.41) is 13.0. The van der Waals surface area contributed by atoms with Gasteiger partial charge in [-0.25, -0.2) is 0 Å². The van der Waals surface area contributed by atoms with E-state index in [9.17, 15) is 4.79 Å². The summed E-state index contributed by atoms with van der Waals surface area (Å²) in [5.41, 5.74) is 3.54. The van der Waals surface area contributed by atoms with Crippen LogP contribution in [0.2, 0.25) is 0 Å². The number of carbonyl (C=O) groups is 1. The molecule has 6 rings (SSSR count). The van der Waals surface area contributed by atoms with Crippen LogP contribution in [-0.4, -0.2) is 43.5 Å². The highest BCUT2D eigenvalue weighted by Gasteiger charge is 2.63. The predicted molar refractivity (Wildman–Crippen MR) is 141 cm³/mol. The van der Waals surface area contributed by atoms with Crippen LogP contribution in [0.25, 0.3) is 0 Å². The van der Waals surface area contributed by atoms with Crippen LogP contribution < -0.4 is 5.32 Å². The van der Waals surface area contributed by atoms with Crippen molar-refractivity contribution in [2.75, 3.05) is 20.2 Å². The molecule has 0 spiro atoms. The predicted octanol–water partition coefficient (Wildman–Crippen LogP) is 5.34. The molecule has 1 aromatic carbocycles. The number of nitrogens with zero attached hydrogens (tertiary/aromatic N) is 2. The molecule has 5 aliphatic rings. The number of hydrogen-bond acceptors (Lipinski definition) is 6. The van der Waals surface area contributed by atoms with Crippen LogP contribution in [0.1, 0.15) is 76.7 Å². The van der Waals surface area contributed by atoms with Crippen LogP contribution in [0, 0.1) is 34.5 Å². The number of carbonyl (C=O) groups excluding carboxylic acids is 1. The minimum Gasteiger partial charge on any atom is -0.399 e. The van der Waals surface area contributed by atoms with E-state index in [4.69, 9.17) is 20.0 Å². The Labute approximate surface area is 215 Å². The van der Waals surface area contributed by atoms with E-state index < -0.39 is 0 Å². The summed E-state index contributed by atoms with van der Waals surface area (Å²) in [4.78, 5) is 24.6. The third kappa shape index (κ3) is 3.74. The van der Waals surface area contributed by atoms with Crippen molar-refractivity contribution in [1.82, 2.24) is 5.32 Å². The van der Waals surface area contributed by atoms with Crippen molar-refractivity contribution in [2.45, 2.75) is 77.2 Å². The molecule has 194 valence electrons. The van der Waals surface area contributed by atoms with Gasteiger partial charge in [0.15, 0.2) is 0 Å². The average molecular weight is 492 g/mol. The van der Waals surface area contributed by atoms with Gasteiger partial charge in [0.05, 0.1) is 11.4 Å². The van der Waals surface area contributed by atoms with Gasteiger partial charge in [0.2, 0.25) is 0 Å². The number of benzene rings is 1. The summed E-state index contributed by atoms with van der Waals surface area (Å²) in [6.45, 7) is 6.62. The van der Waals surface area contributed by atoms with Gasteiger partial charge in [-0.3, -0.25) is 4.79 Å². The summed E-state index contributed by atoms with van der Waals surface area (Å²) in [6.07, 6.45) is 8.06. The monoisotopic (exact) mass is 491 g/mol. The van der Waals surface area contributed by atoms with Crippen molar-refractivity contribution in [3.8, 4) is 0 Å². The van der Waals surface area contributed by atoms with E-state index in [1.54, 1.807) is 7.11 Å². The molecule has 0 amide bonds. The molecule has 1 N–H and O–H groups in total. The molecule has 6 nitrogen and oxygen atoms in total. The van der Waals surface area contributed by atoms with Crippen molar-refractivity contribution in [3.63, 3.8) is 0 Å². The largest absolute Gasteiger partial charge is 0.399 e. The Morgan fingerprint density at radius 2 is 1.81 bits per heavy atom. The molecule has 5 fully saturated rings. The molecule has 4 aliphatic carbocycles. The lowest BCUT2D eigenvalue weighted by Crippen LogP contribution is -2.58. The van der Waals surface area contributed by atoms with E-state index in [2.05, 4.69) is 49.5 Å². The highest BCUT2D eigenvalue weighted by molar-refractivity contribution is 6.00. The van der Waals surface area contributed by atoms with Gasteiger partial charge in [0.1, 0.15) is 19.0 Å². The summed E-state index contributed by atoms with van der Waals surface area (Å²) >= 11 is 0. The van der Waals surface area contributed by atoms with Gasteiger partial charge in [-0.1, -0.05) is 54.5 Å². The Kier molecular flexibility index (Phi) is 6.22. The molecule has 6 heteroatoms. The molecule has 0 bridgehead atoms. The Morgan fingerprint density at radius 3 is 2.56 bits per heavy atom. The molecule has 4 saturated carbocycles. The normalized spacial score (nSPS) is 44.2. The number of rotatable bonds is 4. The van der Waals surface area contributed by atoms with E-state index >= 15 is 0 Å². The second kappa shape index (κ2) is 9.27. The van der Waals surface area contributed by atoms with Gasteiger partial charge in [-0.15, -0.1) is 0 Å². The molecule has 36 heavy (non-hydrogen) atoms. The van der Waals surface area contributed by atoms with E-state index in [0.29, 0.717) is 23.5 Å². The zero-order valence-electron chi connectivity index (χ0n) is 22.0. The number of fused-ring (bicyclic) bond motifs is 5.